The molecule has 0 unspecified atom stereocenters. The fraction of sp³-hybridized carbons (Fsp3) is 0.184. The van der Waals surface area contributed by atoms with Crippen LogP contribution in [0.4, 0.5) is 0 Å². The first-order valence-electron chi connectivity index (χ1n) is 15.3. The standard InChI is InChI=1S/C38H36ClNO6S/c1-2-45-38(42)30-16-18-33(19-17-30)46-34-12-7-13-36(25-34)47(43,44)35-20-14-28(15-21-35)22-23-40(26-29-8-4-3-5-9-29)27-37(41)31-10-6-11-32(39)24-31/h3-21,24-25,37,41H,2,22-23,26-27H2,1H3/t37-/m0/s1. The molecule has 1 N–H and O–H groups in total. The van der Waals surface area contributed by atoms with Gasteiger partial charge in [0.25, 0.3) is 0 Å². The molecule has 0 saturated heterocycles. The van der Waals surface area contributed by atoms with Gasteiger partial charge in [-0.15, -0.1) is 0 Å². The van der Waals surface area contributed by atoms with Crippen molar-refractivity contribution in [3.63, 3.8) is 0 Å². The number of nitrogens with zero attached hydrogens (tertiary/aromatic N) is 1. The minimum atomic E-state index is -3.81. The minimum Gasteiger partial charge on any atom is -0.462 e. The summed E-state index contributed by atoms with van der Waals surface area (Å²) in [4.78, 5) is 14.4. The number of aliphatic hydroxyl groups is 1. The Morgan fingerprint density at radius 1 is 0.787 bits per heavy atom. The maximum atomic E-state index is 13.5. The number of hydrogen-bond donors (Lipinski definition) is 1. The molecular formula is C38H36ClNO6S. The molecular weight excluding hydrogens is 634 g/mol. The van der Waals surface area contributed by atoms with Crippen LogP contribution in [-0.4, -0.2) is 44.1 Å². The lowest BCUT2D eigenvalue weighted by atomic mass is 10.1. The van der Waals surface area contributed by atoms with Crippen LogP contribution >= 0.6 is 11.6 Å². The molecule has 7 nitrogen and oxygen atoms in total. The molecule has 0 fully saturated rings. The number of carbonyl (C=O) groups excluding carboxylic acids is 1. The average molecular weight is 670 g/mol. The molecule has 5 aromatic carbocycles. The van der Waals surface area contributed by atoms with E-state index in [0.717, 1.165) is 16.7 Å². The predicted octanol–water partition coefficient (Wildman–Crippen LogP) is 7.92. The second-order valence-corrected chi connectivity index (χ2v) is 13.4. The zero-order valence-corrected chi connectivity index (χ0v) is 27.5. The lowest BCUT2D eigenvalue weighted by Crippen LogP contribution is -2.30. The number of carbonyl (C=O) groups is 1. The Morgan fingerprint density at radius 2 is 1.51 bits per heavy atom. The molecule has 0 heterocycles. The molecule has 1 atom stereocenters. The highest BCUT2D eigenvalue weighted by atomic mass is 35.5. The molecule has 242 valence electrons. The number of aliphatic hydroxyl groups excluding tert-OH is 1. The van der Waals surface area contributed by atoms with Crippen molar-refractivity contribution in [3.8, 4) is 11.5 Å². The molecule has 0 aliphatic rings. The maximum absolute atomic E-state index is 13.5. The first-order chi connectivity index (χ1) is 22.7. The van der Waals surface area contributed by atoms with Gasteiger partial charge in [-0.05, 0) is 96.8 Å². The van der Waals surface area contributed by atoms with Crippen molar-refractivity contribution in [1.29, 1.82) is 0 Å². The SMILES string of the molecule is CCOC(=O)c1ccc(Oc2cccc(S(=O)(=O)c3ccc(CCN(Cc4ccccc4)C[C@H](O)c4cccc(Cl)c4)cc3)c2)cc1. The lowest BCUT2D eigenvalue weighted by molar-refractivity contribution is 0.0526. The Balaban J connectivity index is 1.25. The Labute approximate surface area is 280 Å². The zero-order chi connectivity index (χ0) is 33.2. The first kappa shape index (κ1) is 33.9. The molecule has 0 amide bonds. The molecule has 9 heteroatoms. The summed E-state index contributed by atoms with van der Waals surface area (Å²) >= 11 is 6.16. The number of sulfone groups is 1. The van der Waals surface area contributed by atoms with Gasteiger partial charge >= 0.3 is 5.97 Å². The average Bonchev–Trinajstić information content (AvgIpc) is 3.08. The Hall–Kier alpha value is -4.47. The molecule has 47 heavy (non-hydrogen) atoms. The van der Waals surface area contributed by atoms with Crippen molar-refractivity contribution in [2.45, 2.75) is 35.8 Å². The number of hydrogen-bond acceptors (Lipinski definition) is 7. The third-order valence-corrected chi connectivity index (χ3v) is 9.58. The van der Waals surface area contributed by atoms with Crippen molar-refractivity contribution >= 4 is 27.4 Å². The zero-order valence-electron chi connectivity index (χ0n) is 26.0. The summed E-state index contributed by atoms with van der Waals surface area (Å²) in [7, 11) is -3.81. The summed E-state index contributed by atoms with van der Waals surface area (Å²) in [5.74, 6) is 0.388. The summed E-state index contributed by atoms with van der Waals surface area (Å²) in [5, 5.41) is 11.6. The van der Waals surface area contributed by atoms with E-state index in [1.165, 1.54) is 12.1 Å². The largest absolute Gasteiger partial charge is 0.462 e. The molecule has 5 rings (SSSR count). The number of rotatable bonds is 14. The summed E-state index contributed by atoms with van der Waals surface area (Å²) < 4.78 is 37.9. The molecule has 0 aliphatic carbocycles. The molecule has 0 spiro atoms. The van der Waals surface area contributed by atoms with Gasteiger partial charge in [0.1, 0.15) is 11.5 Å². The quantitative estimate of drug-likeness (QED) is 0.120. The monoisotopic (exact) mass is 669 g/mol. The Bertz CT molecular complexity index is 1880. The van der Waals surface area contributed by atoms with Crippen molar-refractivity contribution in [2.75, 3.05) is 19.7 Å². The highest BCUT2D eigenvalue weighted by molar-refractivity contribution is 7.91. The smallest absolute Gasteiger partial charge is 0.338 e. The van der Waals surface area contributed by atoms with Crippen LogP contribution < -0.4 is 4.74 Å². The van der Waals surface area contributed by atoms with E-state index < -0.39 is 21.9 Å². The molecule has 0 bridgehead atoms. The minimum absolute atomic E-state index is 0.106. The van der Waals surface area contributed by atoms with Gasteiger partial charge in [0.2, 0.25) is 9.84 Å². The first-order valence-corrected chi connectivity index (χ1v) is 17.2. The van der Waals surface area contributed by atoms with E-state index >= 15 is 0 Å². The van der Waals surface area contributed by atoms with Crippen molar-refractivity contribution in [3.05, 3.63) is 155 Å². The van der Waals surface area contributed by atoms with Gasteiger partial charge in [-0.1, -0.05) is 72.3 Å². The van der Waals surface area contributed by atoms with Gasteiger partial charge in [0.15, 0.2) is 0 Å². The Morgan fingerprint density at radius 3 is 2.21 bits per heavy atom. The van der Waals surface area contributed by atoms with Gasteiger partial charge in [-0.3, -0.25) is 4.90 Å². The van der Waals surface area contributed by atoms with E-state index in [2.05, 4.69) is 17.0 Å². The Kier molecular flexibility index (Phi) is 11.5. The van der Waals surface area contributed by atoms with Gasteiger partial charge in [0.05, 0.1) is 28.1 Å². The van der Waals surface area contributed by atoms with Gasteiger partial charge in [-0.25, -0.2) is 13.2 Å². The fourth-order valence-corrected chi connectivity index (χ4v) is 6.61. The van der Waals surface area contributed by atoms with Crippen LogP contribution in [0.3, 0.4) is 0 Å². The third kappa shape index (κ3) is 9.30. The number of ether oxygens (including phenoxy) is 2. The van der Waals surface area contributed by atoms with Crippen LogP contribution in [0.5, 0.6) is 11.5 Å². The van der Waals surface area contributed by atoms with Crippen molar-refractivity contribution < 1.29 is 27.8 Å². The number of halogens is 1. The summed E-state index contributed by atoms with van der Waals surface area (Å²) in [6.45, 7) is 3.74. The molecule has 0 aromatic heterocycles. The van der Waals surface area contributed by atoms with E-state index in [-0.39, 0.29) is 16.4 Å². The molecule has 0 radical (unpaired) electrons. The van der Waals surface area contributed by atoms with Crippen LogP contribution in [0, 0.1) is 0 Å². The van der Waals surface area contributed by atoms with Crippen molar-refractivity contribution in [2.24, 2.45) is 0 Å². The van der Waals surface area contributed by atoms with E-state index in [1.807, 2.05) is 42.5 Å². The van der Waals surface area contributed by atoms with Crippen LogP contribution in [0.2, 0.25) is 5.02 Å². The maximum Gasteiger partial charge on any atom is 0.338 e. The molecule has 0 saturated carbocycles. The summed E-state index contributed by atoms with van der Waals surface area (Å²) in [6, 6.07) is 37.0. The van der Waals surface area contributed by atoms with Crippen LogP contribution in [0.25, 0.3) is 0 Å². The summed E-state index contributed by atoms with van der Waals surface area (Å²) in [6.07, 6.45) is -0.0538. The normalized spacial score (nSPS) is 12.1. The van der Waals surface area contributed by atoms with Crippen LogP contribution in [-0.2, 0) is 27.5 Å². The van der Waals surface area contributed by atoms with Crippen molar-refractivity contribution in [1.82, 2.24) is 4.90 Å². The van der Waals surface area contributed by atoms with E-state index in [9.17, 15) is 18.3 Å². The molecule has 0 aliphatic heterocycles. The lowest BCUT2D eigenvalue weighted by Gasteiger charge is -2.25. The highest BCUT2D eigenvalue weighted by Gasteiger charge is 2.19. The second-order valence-electron chi connectivity index (χ2n) is 11.0. The van der Waals surface area contributed by atoms with Gasteiger partial charge < -0.3 is 14.6 Å². The van der Waals surface area contributed by atoms with Gasteiger partial charge in [0, 0.05) is 24.7 Å². The van der Waals surface area contributed by atoms with E-state index in [1.54, 1.807) is 67.6 Å². The highest BCUT2D eigenvalue weighted by Crippen LogP contribution is 2.28. The number of benzene rings is 5. The third-order valence-electron chi connectivity index (χ3n) is 7.58. The second kappa shape index (κ2) is 15.9. The topological polar surface area (TPSA) is 93.1 Å². The van der Waals surface area contributed by atoms with Crippen LogP contribution in [0.1, 0.15) is 40.1 Å². The van der Waals surface area contributed by atoms with Gasteiger partial charge in [-0.2, -0.15) is 0 Å². The van der Waals surface area contributed by atoms with E-state index in [4.69, 9.17) is 21.1 Å². The fourth-order valence-electron chi connectivity index (χ4n) is 5.11. The molecule has 5 aromatic rings. The predicted molar refractivity (Wildman–Crippen MR) is 183 cm³/mol. The van der Waals surface area contributed by atoms with E-state index in [0.29, 0.717) is 48.1 Å². The summed E-state index contributed by atoms with van der Waals surface area (Å²) in [5.41, 5.74) is 3.26. The van der Waals surface area contributed by atoms with Crippen LogP contribution in [0.15, 0.2) is 137 Å². The number of esters is 1.